The van der Waals surface area contributed by atoms with Crippen LogP contribution in [0.4, 0.5) is 18.9 Å². The van der Waals surface area contributed by atoms with Gasteiger partial charge in [0.25, 0.3) is 0 Å². The Kier molecular flexibility index (Phi) is 7.14. The summed E-state index contributed by atoms with van der Waals surface area (Å²) in [6, 6.07) is 8.33. The smallest absolute Gasteiger partial charge is 0.495 e. The molecule has 3 rings (SSSR count). The van der Waals surface area contributed by atoms with Gasteiger partial charge in [-0.3, -0.25) is 4.79 Å². The number of methoxy groups -OCH3 is 1. The van der Waals surface area contributed by atoms with Gasteiger partial charge in [-0.1, -0.05) is 23.4 Å². The molecule has 1 amide bonds. The summed E-state index contributed by atoms with van der Waals surface area (Å²) in [7, 11) is 1.47. The van der Waals surface area contributed by atoms with E-state index in [2.05, 4.69) is 25.6 Å². The first-order valence-corrected chi connectivity index (χ1v) is 10.3. The third-order valence-corrected chi connectivity index (χ3v) is 5.59. The molecule has 0 saturated heterocycles. The lowest BCUT2D eigenvalue weighted by atomic mass is 10.2. The first-order chi connectivity index (χ1) is 15.1. The van der Waals surface area contributed by atoms with Gasteiger partial charge in [0, 0.05) is 11.1 Å². The predicted molar refractivity (Wildman–Crippen MR) is 113 cm³/mol. The maximum atomic E-state index is 12.7. The normalized spacial score (nSPS) is 12.3. The van der Waals surface area contributed by atoms with Crippen molar-refractivity contribution < 1.29 is 27.4 Å². The minimum Gasteiger partial charge on any atom is -0.495 e. The van der Waals surface area contributed by atoms with Gasteiger partial charge in [0.15, 0.2) is 0 Å². The molecule has 0 aliphatic carbocycles. The molecule has 3 aromatic rings. The van der Waals surface area contributed by atoms with Crippen molar-refractivity contribution in [2.24, 2.45) is 0 Å². The molecule has 1 unspecified atom stereocenters. The van der Waals surface area contributed by atoms with Crippen LogP contribution < -0.4 is 14.8 Å². The molecule has 0 radical (unpaired) electrons. The van der Waals surface area contributed by atoms with Gasteiger partial charge < -0.3 is 14.8 Å². The van der Waals surface area contributed by atoms with Crippen LogP contribution in [0.1, 0.15) is 12.5 Å². The molecule has 8 nitrogen and oxygen atoms in total. The van der Waals surface area contributed by atoms with E-state index in [-0.39, 0.29) is 16.8 Å². The molecule has 0 aliphatic heterocycles. The number of alkyl halides is 3. The third-order valence-electron chi connectivity index (χ3n) is 4.15. The van der Waals surface area contributed by atoms with E-state index in [1.807, 2.05) is 0 Å². The Morgan fingerprint density at radius 2 is 1.94 bits per heavy atom. The molecule has 32 heavy (non-hydrogen) atoms. The van der Waals surface area contributed by atoms with Gasteiger partial charge in [-0.25, -0.2) is 0 Å². The average molecular weight is 488 g/mol. The Morgan fingerprint density at radius 3 is 2.56 bits per heavy atom. The first kappa shape index (κ1) is 23.7. The van der Waals surface area contributed by atoms with Gasteiger partial charge in [0.2, 0.25) is 11.1 Å². The van der Waals surface area contributed by atoms with E-state index in [4.69, 9.17) is 16.3 Å². The van der Waals surface area contributed by atoms with E-state index in [1.54, 1.807) is 26.0 Å². The maximum Gasteiger partial charge on any atom is 0.573 e. The highest BCUT2D eigenvalue weighted by atomic mass is 35.5. The zero-order valence-corrected chi connectivity index (χ0v) is 18.5. The zero-order chi connectivity index (χ0) is 23.5. The molecule has 1 heterocycles. The number of tetrazole rings is 1. The SMILES string of the molecule is COc1cc(Cl)c(C)cc1NC(=O)C(C)Sc1nnnn1-c1ccc(OC(F)(F)F)cc1. The maximum absolute atomic E-state index is 12.7. The second-order valence-electron chi connectivity index (χ2n) is 6.47. The predicted octanol–water partition coefficient (Wildman–Crippen LogP) is 4.65. The van der Waals surface area contributed by atoms with Crippen molar-refractivity contribution in [1.29, 1.82) is 0 Å². The van der Waals surface area contributed by atoms with E-state index >= 15 is 0 Å². The number of rotatable bonds is 7. The minimum absolute atomic E-state index is 0.274. The zero-order valence-electron chi connectivity index (χ0n) is 17.0. The summed E-state index contributed by atoms with van der Waals surface area (Å²) in [6.07, 6.45) is -4.79. The summed E-state index contributed by atoms with van der Waals surface area (Å²) in [5, 5.41) is 14.3. The molecular formula is C19H17ClF3N5O3S. The molecule has 1 N–H and O–H groups in total. The van der Waals surface area contributed by atoms with Crippen molar-refractivity contribution in [2.45, 2.75) is 30.6 Å². The van der Waals surface area contributed by atoms with Gasteiger partial charge in [-0.05, 0) is 60.2 Å². The number of hydrogen-bond acceptors (Lipinski definition) is 7. The molecular weight excluding hydrogens is 471 g/mol. The van der Waals surface area contributed by atoms with Crippen molar-refractivity contribution in [3.05, 3.63) is 47.0 Å². The number of anilines is 1. The van der Waals surface area contributed by atoms with E-state index in [0.717, 1.165) is 29.5 Å². The fourth-order valence-electron chi connectivity index (χ4n) is 2.58. The van der Waals surface area contributed by atoms with Crippen molar-refractivity contribution in [1.82, 2.24) is 20.2 Å². The summed E-state index contributed by atoms with van der Waals surface area (Å²) in [4.78, 5) is 12.7. The minimum atomic E-state index is -4.79. The Bertz CT molecular complexity index is 1110. The van der Waals surface area contributed by atoms with Gasteiger partial charge in [-0.15, -0.1) is 18.3 Å². The number of carbonyl (C=O) groups is 1. The molecule has 0 aliphatic rings. The summed E-state index contributed by atoms with van der Waals surface area (Å²) in [5.74, 6) is -0.292. The third kappa shape index (κ3) is 5.82. The van der Waals surface area contributed by atoms with Crippen molar-refractivity contribution in [3.8, 4) is 17.2 Å². The van der Waals surface area contributed by atoms with Gasteiger partial charge in [-0.2, -0.15) is 4.68 Å². The van der Waals surface area contributed by atoms with E-state index in [0.29, 0.717) is 22.1 Å². The summed E-state index contributed by atoms with van der Waals surface area (Å²) < 4.78 is 47.4. The average Bonchev–Trinajstić information content (AvgIpc) is 3.18. The lowest BCUT2D eigenvalue weighted by Crippen LogP contribution is -2.23. The summed E-state index contributed by atoms with van der Waals surface area (Å²) >= 11 is 7.16. The monoisotopic (exact) mass is 487 g/mol. The quantitative estimate of drug-likeness (QED) is 0.485. The van der Waals surface area contributed by atoms with Gasteiger partial charge in [0.1, 0.15) is 11.5 Å². The van der Waals surface area contributed by atoms with E-state index in [9.17, 15) is 18.0 Å². The number of hydrogen-bond donors (Lipinski definition) is 1. The lowest BCUT2D eigenvalue weighted by molar-refractivity contribution is -0.274. The number of nitrogens with zero attached hydrogens (tertiary/aromatic N) is 4. The van der Waals surface area contributed by atoms with E-state index < -0.39 is 11.6 Å². The number of aryl methyl sites for hydroxylation is 1. The standard InChI is InChI=1S/C19H17ClF3N5O3S/c1-10-8-15(16(30-3)9-14(10)20)24-17(29)11(2)32-18-25-26-27-28(18)12-4-6-13(7-5-12)31-19(21,22)23/h4-9,11H,1-3H3,(H,24,29). The van der Waals surface area contributed by atoms with Crippen LogP contribution in [0.15, 0.2) is 41.6 Å². The van der Waals surface area contributed by atoms with Gasteiger partial charge >= 0.3 is 6.36 Å². The molecule has 13 heteroatoms. The largest absolute Gasteiger partial charge is 0.573 e. The molecule has 0 fully saturated rings. The number of halogens is 4. The molecule has 1 atom stereocenters. The first-order valence-electron chi connectivity index (χ1n) is 9.03. The van der Waals surface area contributed by atoms with Crippen LogP contribution in [0.3, 0.4) is 0 Å². The van der Waals surface area contributed by atoms with Crippen LogP contribution in [0.5, 0.6) is 11.5 Å². The second-order valence-corrected chi connectivity index (χ2v) is 8.18. The van der Waals surface area contributed by atoms with Crippen molar-refractivity contribution >= 4 is 35.0 Å². The van der Waals surface area contributed by atoms with Crippen LogP contribution in [0, 0.1) is 6.92 Å². The van der Waals surface area contributed by atoms with Crippen molar-refractivity contribution in [2.75, 3.05) is 12.4 Å². The number of thioether (sulfide) groups is 1. The Morgan fingerprint density at radius 1 is 1.25 bits per heavy atom. The van der Waals surface area contributed by atoms with Crippen LogP contribution >= 0.6 is 23.4 Å². The number of aromatic nitrogens is 4. The molecule has 2 aromatic carbocycles. The Hall–Kier alpha value is -2.99. The fourth-order valence-corrected chi connectivity index (χ4v) is 3.54. The summed E-state index contributed by atoms with van der Waals surface area (Å²) in [6.45, 7) is 3.46. The number of benzene rings is 2. The van der Waals surface area contributed by atoms with Crippen LogP contribution in [-0.2, 0) is 4.79 Å². The highest BCUT2D eigenvalue weighted by molar-refractivity contribution is 8.00. The molecule has 1 aromatic heterocycles. The molecule has 0 saturated carbocycles. The van der Waals surface area contributed by atoms with Crippen LogP contribution in [0.25, 0.3) is 5.69 Å². The number of amides is 1. The molecule has 0 spiro atoms. The van der Waals surface area contributed by atoms with Crippen molar-refractivity contribution in [3.63, 3.8) is 0 Å². The fraction of sp³-hybridized carbons (Fsp3) is 0.263. The van der Waals surface area contributed by atoms with E-state index in [1.165, 1.54) is 23.9 Å². The topological polar surface area (TPSA) is 91.2 Å². The highest BCUT2D eigenvalue weighted by Crippen LogP contribution is 2.32. The number of nitrogens with one attached hydrogen (secondary N) is 1. The van der Waals surface area contributed by atoms with Crippen LogP contribution in [-0.4, -0.2) is 44.8 Å². The Balaban J connectivity index is 1.72. The molecule has 0 bridgehead atoms. The second kappa shape index (κ2) is 9.65. The highest BCUT2D eigenvalue weighted by Gasteiger charge is 2.31. The lowest BCUT2D eigenvalue weighted by Gasteiger charge is -2.15. The summed E-state index contributed by atoms with van der Waals surface area (Å²) in [5.41, 5.74) is 1.63. The number of carbonyl (C=O) groups excluding carboxylic acids is 1. The Labute approximate surface area is 190 Å². The number of ether oxygens (including phenoxy) is 2. The molecule has 170 valence electrons. The van der Waals surface area contributed by atoms with Crippen LogP contribution in [0.2, 0.25) is 5.02 Å². The van der Waals surface area contributed by atoms with Gasteiger partial charge in [0.05, 0.1) is 23.7 Å².